The number of nitrogens with two attached hydrogens (primary N) is 1. The van der Waals surface area contributed by atoms with Gasteiger partial charge < -0.3 is 5.73 Å². The number of hydrogen-bond acceptors (Lipinski definition) is 2. The molecule has 2 heteroatoms. The largest absolute Gasteiger partial charge is 0.326 e. The fraction of sp³-hybridized carbons (Fsp3) is 0.909. The second-order valence-corrected chi connectivity index (χ2v) is 3.87. The summed E-state index contributed by atoms with van der Waals surface area (Å²) in [6, 6.07) is 0.433. The third-order valence-electron chi connectivity index (χ3n) is 2.51. The van der Waals surface area contributed by atoms with E-state index in [0.717, 1.165) is 12.8 Å². The molecule has 13 heavy (non-hydrogen) atoms. The fourth-order valence-corrected chi connectivity index (χ4v) is 1.14. The highest BCUT2D eigenvalue weighted by Crippen LogP contribution is 2.08. The SMILES string of the molecule is CCC(C)CC(CN)=NC(C)CC. The molecule has 2 N–H and O–H groups in total. The Kier molecular flexibility index (Phi) is 6.87. The van der Waals surface area contributed by atoms with E-state index in [0.29, 0.717) is 18.5 Å². The molecule has 0 saturated heterocycles. The summed E-state index contributed by atoms with van der Waals surface area (Å²) < 4.78 is 0. The van der Waals surface area contributed by atoms with Crippen LogP contribution in [0.2, 0.25) is 0 Å². The van der Waals surface area contributed by atoms with Crippen LogP contribution in [0.15, 0.2) is 4.99 Å². The summed E-state index contributed by atoms with van der Waals surface area (Å²) in [4.78, 5) is 4.59. The molecule has 0 rings (SSSR count). The summed E-state index contributed by atoms with van der Waals surface area (Å²) in [5, 5.41) is 0. The molecule has 0 bridgehead atoms. The minimum atomic E-state index is 0.433. The van der Waals surface area contributed by atoms with Gasteiger partial charge in [0.15, 0.2) is 0 Å². The molecule has 0 amide bonds. The molecule has 0 aromatic carbocycles. The first-order valence-electron chi connectivity index (χ1n) is 5.39. The van der Waals surface area contributed by atoms with Crippen LogP contribution in [-0.4, -0.2) is 18.3 Å². The van der Waals surface area contributed by atoms with Gasteiger partial charge in [-0.15, -0.1) is 0 Å². The number of hydrogen-bond donors (Lipinski definition) is 1. The van der Waals surface area contributed by atoms with E-state index in [1.807, 2.05) is 0 Å². The van der Waals surface area contributed by atoms with Crippen molar-refractivity contribution in [3.05, 3.63) is 0 Å². The highest BCUT2D eigenvalue weighted by molar-refractivity contribution is 5.86. The lowest BCUT2D eigenvalue weighted by molar-refractivity contribution is 0.580. The van der Waals surface area contributed by atoms with E-state index >= 15 is 0 Å². The Morgan fingerprint density at radius 1 is 1.23 bits per heavy atom. The first-order chi connectivity index (χ1) is 6.13. The Morgan fingerprint density at radius 3 is 2.23 bits per heavy atom. The topological polar surface area (TPSA) is 38.4 Å². The predicted octanol–water partition coefficient (Wildman–Crippen LogP) is 2.62. The van der Waals surface area contributed by atoms with Gasteiger partial charge in [0.1, 0.15) is 0 Å². The Balaban J connectivity index is 4.08. The van der Waals surface area contributed by atoms with Gasteiger partial charge >= 0.3 is 0 Å². The summed E-state index contributed by atoms with van der Waals surface area (Å²) >= 11 is 0. The van der Waals surface area contributed by atoms with Crippen molar-refractivity contribution >= 4 is 5.71 Å². The van der Waals surface area contributed by atoms with Crippen LogP contribution in [0.3, 0.4) is 0 Å². The molecular weight excluding hydrogens is 160 g/mol. The first kappa shape index (κ1) is 12.6. The molecule has 0 spiro atoms. The molecule has 0 fully saturated rings. The van der Waals surface area contributed by atoms with E-state index < -0.39 is 0 Å². The molecular formula is C11H24N2. The maximum absolute atomic E-state index is 5.65. The Bertz CT molecular complexity index is 152. The van der Waals surface area contributed by atoms with Crippen molar-refractivity contribution < 1.29 is 0 Å². The average Bonchev–Trinajstić information content (AvgIpc) is 2.16. The molecule has 2 unspecified atom stereocenters. The van der Waals surface area contributed by atoms with E-state index in [4.69, 9.17) is 5.73 Å². The van der Waals surface area contributed by atoms with Gasteiger partial charge in [0, 0.05) is 18.3 Å². The Morgan fingerprint density at radius 2 is 1.85 bits per heavy atom. The quantitative estimate of drug-likeness (QED) is 0.633. The van der Waals surface area contributed by atoms with Crippen LogP contribution in [0.4, 0.5) is 0 Å². The molecule has 0 aromatic heterocycles. The third kappa shape index (κ3) is 5.81. The van der Waals surface area contributed by atoms with Gasteiger partial charge in [0.25, 0.3) is 0 Å². The van der Waals surface area contributed by atoms with Gasteiger partial charge in [-0.05, 0) is 25.7 Å². The van der Waals surface area contributed by atoms with Gasteiger partial charge in [-0.2, -0.15) is 0 Å². The highest BCUT2D eigenvalue weighted by atomic mass is 14.8. The van der Waals surface area contributed by atoms with Crippen LogP contribution in [0.5, 0.6) is 0 Å². The number of aliphatic imine (C=N–C) groups is 1. The van der Waals surface area contributed by atoms with Crippen LogP contribution in [0.25, 0.3) is 0 Å². The minimum absolute atomic E-state index is 0.433. The first-order valence-corrected chi connectivity index (χ1v) is 5.39. The monoisotopic (exact) mass is 184 g/mol. The third-order valence-corrected chi connectivity index (χ3v) is 2.51. The smallest absolute Gasteiger partial charge is 0.0468 e. The van der Waals surface area contributed by atoms with Crippen molar-refractivity contribution in [1.82, 2.24) is 0 Å². The molecule has 0 aliphatic rings. The minimum Gasteiger partial charge on any atom is -0.326 e. The second kappa shape index (κ2) is 7.07. The lowest BCUT2D eigenvalue weighted by Crippen LogP contribution is -2.18. The number of rotatable bonds is 6. The molecule has 2 nitrogen and oxygen atoms in total. The van der Waals surface area contributed by atoms with E-state index in [-0.39, 0.29) is 0 Å². The molecule has 0 aromatic rings. The van der Waals surface area contributed by atoms with Gasteiger partial charge in [0.05, 0.1) is 0 Å². The van der Waals surface area contributed by atoms with Gasteiger partial charge in [0.2, 0.25) is 0 Å². The maximum atomic E-state index is 5.65. The highest BCUT2D eigenvalue weighted by Gasteiger charge is 2.05. The molecule has 0 aliphatic heterocycles. The normalized spacial score (nSPS) is 17.2. The number of nitrogens with zero attached hydrogens (tertiary/aromatic N) is 1. The van der Waals surface area contributed by atoms with Crippen LogP contribution in [0, 0.1) is 5.92 Å². The van der Waals surface area contributed by atoms with Crippen LogP contribution < -0.4 is 5.73 Å². The van der Waals surface area contributed by atoms with E-state index in [2.05, 4.69) is 32.7 Å². The van der Waals surface area contributed by atoms with Crippen LogP contribution >= 0.6 is 0 Å². The Labute approximate surface area is 82.6 Å². The molecule has 0 aliphatic carbocycles. The summed E-state index contributed by atoms with van der Waals surface area (Å²) in [7, 11) is 0. The summed E-state index contributed by atoms with van der Waals surface area (Å²) in [5.41, 5.74) is 6.83. The van der Waals surface area contributed by atoms with Crippen LogP contribution in [0.1, 0.15) is 47.0 Å². The summed E-state index contributed by atoms with van der Waals surface area (Å²) in [6.45, 7) is 9.39. The summed E-state index contributed by atoms with van der Waals surface area (Å²) in [6.07, 6.45) is 3.38. The van der Waals surface area contributed by atoms with Crippen molar-refractivity contribution in [2.24, 2.45) is 16.6 Å². The van der Waals surface area contributed by atoms with Crippen molar-refractivity contribution in [2.45, 2.75) is 53.0 Å². The lowest BCUT2D eigenvalue weighted by atomic mass is 10.0. The molecule has 78 valence electrons. The van der Waals surface area contributed by atoms with Gasteiger partial charge in [-0.3, -0.25) is 4.99 Å². The fourth-order valence-electron chi connectivity index (χ4n) is 1.14. The van der Waals surface area contributed by atoms with Crippen LogP contribution in [-0.2, 0) is 0 Å². The van der Waals surface area contributed by atoms with Crippen molar-refractivity contribution in [2.75, 3.05) is 6.54 Å². The Hall–Kier alpha value is -0.370. The zero-order valence-corrected chi connectivity index (χ0v) is 9.51. The van der Waals surface area contributed by atoms with Crippen molar-refractivity contribution in [3.8, 4) is 0 Å². The summed E-state index contributed by atoms with van der Waals surface area (Å²) in [5.74, 6) is 0.714. The zero-order valence-electron chi connectivity index (χ0n) is 9.51. The molecule has 0 radical (unpaired) electrons. The molecule has 0 saturated carbocycles. The second-order valence-electron chi connectivity index (χ2n) is 3.87. The van der Waals surface area contributed by atoms with Crippen molar-refractivity contribution in [1.29, 1.82) is 0 Å². The van der Waals surface area contributed by atoms with Gasteiger partial charge in [-0.1, -0.05) is 27.2 Å². The van der Waals surface area contributed by atoms with E-state index in [1.54, 1.807) is 0 Å². The molecule has 0 heterocycles. The van der Waals surface area contributed by atoms with E-state index in [9.17, 15) is 0 Å². The maximum Gasteiger partial charge on any atom is 0.0468 e. The van der Waals surface area contributed by atoms with E-state index in [1.165, 1.54) is 12.1 Å². The predicted molar refractivity (Wildman–Crippen MR) is 60.3 cm³/mol. The van der Waals surface area contributed by atoms with Crippen molar-refractivity contribution in [3.63, 3.8) is 0 Å². The standard InChI is InChI=1S/C11H24N2/c1-5-9(3)7-11(8-12)13-10(4)6-2/h9-10H,5-8,12H2,1-4H3. The zero-order chi connectivity index (χ0) is 10.3. The average molecular weight is 184 g/mol. The van der Waals surface area contributed by atoms with Gasteiger partial charge in [-0.25, -0.2) is 0 Å². The lowest BCUT2D eigenvalue weighted by Gasteiger charge is -2.12. The molecule has 2 atom stereocenters.